The topological polar surface area (TPSA) is 78.9 Å². The predicted octanol–water partition coefficient (Wildman–Crippen LogP) is 19.4. The molecule has 0 aromatic carbocycles. The molecule has 0 aliphatic rings. The van der Waals surface area contributed by atoms with Crippen LogP contribution in [0, 0.1) is 5.92 Å². The van der Waals surface area contributed by atoms with E-state index in [0.717, 1.165) is 63.7 Å². The molecule has 386 valence electrons. The molecule has 0 radical (unpaired) electrons. The second-order valence-electron chi connectivity index (χ2n) is 20.5. The lowest BCUT2D eigenvalue weighted by Crippen LogP contribution is -2.30. The number of esters is 3. The van der Waals surface area contributed by atoms with Crippen LogP contribution in [0.3, 0.4) is 0 Å². The number of hydrogen-bond donors (Lipinski definition) is 0. The zero-order chi connectivity index (χ0) is 47.4. The van der Waals surface area contributed by atoms with Crippen LogP contribution < -0.4 is 0 Å². The second kappa shape index (κ2) is 53.4. The minimum atomic E-state index is -0.761. The van der Waals surface area contributed by atoms with Crippen molar-refractivity contribution in [2.24, 2.45) is 5.92 Å². The summed E-state index contributed by atoms with van der Waals surface area (Å²) in [5, 5.41) is 0. The molecule has 0 amide bonds. The van der Waals surface area contributed by atoms with Crippen molar-refractivity contribution in [1.82, 2.24) is 0 Å². The van der Waals surface area contributed by atoms with Gasteiger partial charge in [0.1, 0.15) is 13.2 Å². The van der Waals surface area contributed by atoms with Gasteiger partial charge in [0.25, 0.3) is 0 Å². The van der Waals surface area contributed by atoms with Gasteiger partial charge in [-0.25, -0.2) is 0 Å². The summed E-state index contributed by atoms with van der Waals surface area (Å²) in [6, 6.07) is 0. The van der Waals surface area contributed by atoms with Gasteiger partial charge in [0.05, 0.1) is 0 Å². The summed E-state index contributed by atoms with van der Waals surface area (Å²) in [5.41, 5.74) is 0. The Bertz CT molecular complexity index is 982. The van der Waals surface area contributed by atoms with Gasteiger partial charge < -0.3 is 14.2 Å². The van der Waals surface area contributed by atoms with Gasteiger partial charge in [-0.3, -0.25) is 14.4 Å². The maximum atomic E-state index is 12.8. The molecule has 0 saturated heterocycles. The molecule has 6 heteroatoms. The number of carbonyl (C=O) groups is 3. The first kappa shape index (κ1) is 63.4. The standard InChI is InChI=1S/C59H114O6/c1-5-8-10-12-14-16-18-20-21-22-23-27-31-34-38-42-46-50-57(60)63-53-56(65-59(62)52-48-44-40-36-30-19-17-15-13-11-9-6-2)54-64-58(61)51-47-43-39-35-32-28-25-24-26-29-33-37-41-45-49-55(4)7-3/h55-56H,5-54H2,1-4H3/t55?,56-/m1/s1. The van der Waals surface area contributed by atoms with Gasteiger partial charge in [-0.15, -0.1) is 0 Å². The molecular formula is C59H114O6. The van der Waals surface area contributed by atoms with Crippen LogP contribution in [0.1, 0.15) is 336 Å². The molecule has 0 bridgehead atoms. The van der Waals surface area contributed by atoms with E-state index in [0.29, 0.717) is 19.3 Å². The van der Waals surface area contributed by atoms with Gasteiger partial charge in [-0.2, -0.15) is 0 Å². The summed E-state index contributed by atoms with van der Waals surface area (Å²) in [7, 11) is 0. The number of unbranched alkanes of at least 4 members (excludes halogenated alkanes) is 40. The minimum Gasteiger partial charge on any atom is -0.462 e. The zero-order valence-corrected chi connectivity index (χ0v) is 44.5. The SMILES string of the molecule is CCCCCCCCCCCCCCCCCCCC(=O)OC[C@H](COC(=O)CCCCCCCCCCCCCCCCC(C)CC)OC(=O)CCCCCCCCCCCCCC. The molecule has 0 aromatic heterocycles. The van der Waals surface area contributed by atoms with Gasteiger partial charge in [0.15, 0.2) is 6.10 Å². The second-order valence-corrected chi connectivity index (χ2v) is 20.5. The molecule has 0 aromatic rings. The van der Waals surface area contributed by atoms with Gasteiger partial charge in [-0.05, 0) is 25.2 Å². The van der Waals surface area contributed by atoms with E-state index in [-0.39, 0.29) is 31.1 Å². The summed E-state index contributed by atoms with van der Waals surface area (Å²) in [4.78, 5) is 38.1. The number of hydrogen-bond acceptors (Lipinski definition) is 6. The molecule has 0 saturated carbocycles. The van der Waals surface area contributed by atoms with Crippen LogP contribution in [0.4, 0.5) is 0 Å². The third-order valence-electron chi connectivity index (χ3n) is 13.9. The lowest BCUT2D eigenvalue weighted by atomic mass is 9.99. The van der Waals surface area contributed by atoms with Gasteiger partial charge in [-0.1, -0.05) is 297 Å². The van der Waals surface area contributed by atoms with Crippen molar-refractivity contribution in [2.45, 2.75) is 342 Å². The third kappa shape index (κ3) is 51.6. The Labute approximate surface area is 406 Å². The Morgan fingerprint density at radius 3 is 0.800 bits per heavy atom. The highest BCUT2D eigenvalue weighted by Crippen LogP contribution is 2.18. The van der Waals surface area contributed by atoms with Crippen molar-refractivity contribution in [1.29, 1.82) is 0 Å². The van der Waals surface area contributed by atoms with E-state index in [1.54, 1.807) is 0 Å². The van der Waals surface area contributed by atoms with Crippen molar-refractivity contribution in [3.63, 3.8) is 0 Å². The summed E-state index contributed by atoms with van der Waals surface area (Å²) < 4.78 is 16.9. The highest BCUT2D eigenvalue weighted by atomic mass is 16.6. The Balaban J connectivity index is 4.26. The molecule has 65 heavy (non-hydrogen) atoms. The Hall–Kier alpha value is -1.59. The number of carbonyl (C=O) groups excluding carboxylic acids is 3. The monoisotopic (exact) mass is 919 g/mol. The summed E-state index contributed by atoms with van der Waals surface area (Å²) in [6.45, 7) is 9.10. The van der Waals surface area contributed by atoms with Gasteiger partial charge in [0.2, 0.25) is 0 Å². The predicted molar refractivity (Wildman–Crippen MR) is 280 cm³/mol. The summed E-state index contributed by atoms with van der Waals surface area (Å²) in [5.74, 6) is 0.0613. The maximum Gasteiger partial charge on any atom is 0.306 e. The van der Waals surface area contributed by atoms with Crippen molar-refractivity contribution in [3.8, 4) is 0 Å². The van der Waals surface area contributed by atoms with Crippen molar-refractivity contribution in [3.05, 3.63) is 0 Å². The zero-order valence-electron chi connectivity index (χ0n) is 44.5. The maximum absolute atomic E-state index is 12.8. The molecule has 0 N–H and O–H groups in total. The van der Waals surface area contributed by atoms with Crippen LogP contribution >= 0.6 is 0 Å². The first-order valence-electron chi connectivity index (χ1n) is 29.4. The van der Waals surface area contributed by atoms with E-state index < -0.39 is 6.10 Å². The lowest BCUT2D eigenvalue weighted by Gasteiger charge is -2.18. The van der Waals surface area contributed by atoms with Crippen LogP contribution in [-0.2, 0) is 28.6 Å². The number of rotatable bonds is 54. The van der Waals surface area contributed by atoms with E-state index in [1.807, 2.05) is 0 Å². The molecule has 0 aliphatic carbocycles. The molecule has 6 nitrogen and oxygen atoms in total. The van der Waals surface area contributed by atoms with Crippen LogP contribution in [0.15, 0.2) is 0 Å². The Morgan fingerprint density at radius 1 is 0.308 bits per heavy atom. The van der Waals surface area contributed by atoms with E-state index >= 15 is 0 Å². The molecule has 0 spiro atoms. The minimum absolute atomic E-state index is 0.0617. The molecule has 0 aliphatic heterocycles. The fourth-order valence-electron chi connectivity index (χ4n) is 9.07. The van der Waals surface area contributed by atoms with E-state index in [4.69, 9.17) is 14.2 Å². The first-order chi connectivity index (χ1) is 31.9. The van der Waals surface area contributed by atoms with E-state index in [9.17, 15) is 14.4 Å². The smallest absolute Gasteiger partial charge is 0.306 e. The molecule has 0 fully saturated rings. The largest absolute Gasteiger partial charge is 0.462 e. The van der Waals surface area contributed by atoms with Crippen LogP contribution in [-0.4, -0.2) is 37.2 Å². The quantitative estimate of drug-likeness (QED) is 0.0344. The lowest BCUT2D eigenvalue weighted by molar-refractivity contribution is -0.167. The normalized spacial score (nSPS) is 12.4. The van der Waals surface area contributed by atoms with Gasteiger partial charge >= 0.3 is 17.9 Å². The molecular weight excluding hydrogens is 805 g/mol. The van der Waals surface area contributed by atoms with E-state index in [2.05, 4.69) is 27.7 Å². The van der Waals surface area contributed by atoms with Crippen molar-refractivity contribution < 1.29 is 28.6 Å². The average molecular weight is 920 g/mol. The summed E-state index contributed by atoms with van der Waals surface area (Å²) >= 11 is 0. The molecule has 0 heterocycles. The van der Waals surface area contributed by atoms with Crippen molar-refractivity contribution in [2.75, 3.05) is 13.2 Å². The average Bonchev–Trinajstić information content (AvgIpc) is 3.30. The summed E-state index contributed by atoms with van der Waals surface area (Å²) in [6.07, 6.45) is 58.0. The van der Waals surface area contributed by atoms with Crippen molar-refractivity contribution >= 4 is 17.9 Å². The molecule has 2 atom stereocenters. The van der Waals surface area contributed by atoms with Crippen LogP contribution in [0.25, 0.3) is 0 Å². The first-order valence-corrected chi connectivity index (χ1v) is 29.4. The van der Waals surface area contributed by atoms with E-state index in [1.165, 1.54) is 231 Å². The van der Waals surface area contributed by atoms with Crippen LogP contribution in [0.2, 0.25) is 0 Å². The molecule has 0 rings (SSSR count). The van der Waals surface area contributed by atoms with Crippen LogP contribution in [0.5, 0.6) is 0 Å². The fourth-order valence-corrected chi connectivity index (χ4v) is 9.07. The highest BCUT2D eigenvalue weighted by molar-refractivity contribution is 5.71. The van der Waals surface area contributed by atoms with Gasteiger partial charge in [0, 0.05) is 19.3 Å². The Morgan fingerprint density at radius 2 is 0.538 bits per heavy atom. The highest BCUT2D eigenvalue weighted by Gasteiger charge is 2.19. The number of ether oxygens (including phenoxy) is 3. The Kier molecular flexibility index (Phi) is 52.1. The third-order valence-corrected chi connectivity index (χ3v) is 13.9. The molecule has 1 unspecified atom stereocenters. The fraction of sp³-hybridized carbons (Fsp3) is 0.949.